The smallest absolute Gasteiger partial charge is 0.0717 e. The molecule has 0 bridgehead atoms. The van der Waals surface area contributed by atoms with E-state index in [4.69, 9.17) is 0 Å². The summed E-state index contributed by atoms with van der Waals surface area (Å²) in [6, 6.07) is 7.89. The predicted octanol–water partition coefficient (Wildman–Crippen LogP) is 2.92. The Hall–Kier alpha value is -0.990. The maximum Gasteiger partial charge on any atom is 0.0717 e. The van der Waals surface area contributed by atoms with Gasteiger partial charge in [-0.05, 0) is 18.2 Å². The number of nitrogens with zero attached hydrogens (tertiary/aromatic N) is 1. The minimum Gasteiger partial charge on any atom is -0.367 e. The largest absolute Gasteiger partial charge is 0.367 e. The van der Waals surface area contributed by atoms with E-state index in [2.05, 4.69) is 9.97 Å². The lowest BCUT2D eigenvalue weighted by molar-refractivity contribution is 1.32. The molecule has 2 heterocycles. The third kappa shape index (κ3) is 2.76. The molecular weight excluding hydrogens is 207 g/mol. The fourth-order valence-electron chi connectivity index (χ4n) is 1.02. The number of halogens is 2. The second-order valence-corrected chi connectivity index (χ2v) is 2.31. The van der Waals surface area contributed by atoms with Crippen LogP contribution in [-0.4, -0.2) is 9.97 Å². The summed E-state index contributed by atoms with van der Waals surface area (Å²) in [7, 11) is 0. The number of nitrogens with one attached hydrogen (secondary N) is 1. The molecule has 13 heavy (non-hydrogen) atoms. The van der Waals surface area contributed by atoms with Gasteiger partial charge in [-0.1, -0.05) is 6.07 Å². The number of H-pyrrole nitrogens is 1. The van der Waals surface area contributed by atoms with Gasteiger partial charge in [-0.25, -0.2) is 0 Å². The van der Waals surface area contributed by atoms with Gasteiger partial charge in [-0.3, -0.25) is 4.98 Å². The van der Waals surface area contributed by atoms with Crippen LogP contribution in [0.5, 0.6) is 0 Å². The molecule has 0 aliphatic carbocycles. The molecule has 0 radical (unpaired) electrons. The zero-order valence-electron chi connectivity index (χ0n) is 6.81. The Balaban J connectivity index is 0.000000720. The minimum absolute atomic E-state index is 0. The summed E-state index contributed by atoms with van der Waals surface area (Å²) >= 11 is 0. The molecule has 70 valence electrons. The highest BCUT2D eigenvalue weighted by Crippen LogP contribution is 2.13. The molecule has 0 saturated carbocycles. The molecule has 2 aromatic heterocycles. The standard InChI is InChI=1S/C9H8N2.2ClH/c1-2-5-11-9(3-1)8-4-6-10-7-8;;/h1-7,10H;2*1H. The van der Waals surface area contributed by atoms with Crippen molar-refractivity contribution >= 4 is 24.8 Å². The first kappa shape index (κ1) is 12.0. The van der Waals surface area contributed by atoms with Crippen molar-refractivity contribution in [3.63, 3.8) is 0 Å². The van der Waals surface area contributed by atoms with Gasteiger partial charge in [-0.2, -0.15) is 0 Å². The van der Waals surface area contributed by atoms with Crippen molar-refractivity contribution < 1.29 is 0 Å². The molecule has 0 fully saturated rings. The lowest BCUT2D eigenvalue weighted by Gasteiger charge is -1.92. The monoisotopic (exact) mass is 216 g/mol. The molecule has 0 aromatic carbocycles. The van der Waals surface area contributed by atoms with E-state index in [9.17, 15) is 0 Å². The van der Waals surface area contributed by atoms with Crippen LogP contribution in [0.25, 0.3) is 11.3 Å². The molecule has 0 saturated heterocycles. The molecule has 1 N–H and O–H groups in total. The molecule has 0 aliphatic rings. The van der Waals surface area contributed by atoms with Gasteiger partial charge in [0.15, 0.2) is 0 Å². The van der Waals surface area contributed by atoms with E-state index in [1.165, 1.54) is 0 Å². The van der Waals surface area contributed by atoms with Crippen molar-refractivity contribution in [1.29, 1.82) is 0 Å². The van der Waals surface area contributed by atoms with Crippen LogP contribution in [-0.2, 0) is 0 Å². The van der Waals surface area contributed by atoms with Gasteiger partial charge >= 0.3 is 0 Å². The number of aromatic amines is 1. The fourth-order valence-corrected chi connectivity index (χ4v) is 1.02. The van der Waals surface area contributed by atoms with Gasteiger partial charge in [0, 0.05) is 24.2 Å². The fraction of sp³-hybridized carbons (Fsp3) is 0. The zero-order valence-corrected chi connectivity index (χ0v) is 8.44. The van der Waals surface area contributed by atoms with Crippen molar-refractivity contribution in [3.05, 3.63) is 42.9 Å². The summed E-state index contributed by atoms with van der Waals surface area (Å²) in [6.07, 6.45) is 5.62. The van der Waals surface area contributed by atoms with Crippen LogP contribution in [0.15, 0.2) is 42.9 Å². The number of hydrogen-bond acceptors (Lipinski definition) is 1. The topological polar surface area (TPSA) is 28.7 Å². The van der Waals surface area contributed by atoms with Crippen molar-refractivity contribution in [1.82, 2.24) is 9.97 Å². The van der Waals surface area contributed by atoms with E-state index >= 15 is 0 Å². The highest BCUT2D eigenvalue weighted by Gasteiger charge is 1.94. The summed E-state index contributed by atoms with van der Waals surface area (Å²) in [6.45, 7) is 0. The van der Waals surface area contributed by atoms with Gasteiger partial charge in [-0.15, -0.1) is 24.8 Å². The first-order valence-corrected chi connectivity index (χ1v) is 3.51. The van der Waals surface area contributed by atoms with Crippen LogP contribution in [0.3, 0.4) is 0 Å². The zero-order chi connectivity index (χ0) is 7.52. The van der Waals surface area contributed by atoms with E-state index in [1.807, 2.05) is 36.7 Å². The maximum atomic E-state index is 4.20. The van der Waals surface area contributed by atoms with Gasteiger partial charge < -0.3 is 4.98 Å². The second-order valence-electron chi connectivity index (χ2n) is 2.31. The van der Waals surface area contributed by atoms with Crippen LogP contribution >= 0.6 is 24.8 Å². The summed E-state index contributed by atoms with van der Waals surface area (Å²) in [5.41, 5.74) is 2.14. The lowest BCUT2D eigenvalue weighted by Crippen LogP contribution is -1.76. The van der Waals surface area contributed by atoms with Crippen LogP contribution < -0.4 is 0 Å². The number of rotatable bonds is 1. The number of pyridine rings is 1. The maximum absolute atomic E-state index is 4.20. The molecule has 2 aromatic rings. The molecule has 0 spiro atoms. The van der Waals surface area contributed by atoms with Crippen molar-refractivity contribution in [2.45, 2.75) is 0 Å². The Kier molecular flexibility index (Phi) is 5.19. The molecule has 0 aliphatic heterocycles. The van der Waals surface area contributed by atoms with Gasteiger partial charge in [0.1, 0.15) is 0 Å². The first-order valence-electron chi connectivity index (χ1n) is 3.51. The lowest BCUT2D eigenvalue weighted by atomic mass is 10.2. The summed E-state index contributed by atoms with van der Waals surface area (Å²) in [4.78, 5) is 7.19. The van der Waals surface area contributed by atoms with Crippen molar-refractivity contribution in [2.24, 2.45) is 0 Å². The molecule has 0 amide bonds. The molecule has 2 rings (SSSR count). The van der Waals surface area contributed by atoms with E-state index in [0.29, 0.717) is 0 Å². The van der Waals surface area contributed by atoms with Crippen molar-refractivity contribution in [3.8, 4) is 11.3 Å². The number of hydrogen-bond donors (Lipinski definition) is 1. The van der Waals surface area contributed by atoms with Gasteiger partial charge in [0.25, 0.3) is 0 Å². The van der Waals surface area contributed by atoms with Crippen molar-refractivity contribution in [2.75, 3.05) is 0 Å². The average molecular weight is 217 g/mol. The van der Waals surface area contributed by atoms with E-state index < -0.39 is 0 Å². The minimum atomic E-state index is 0. The van der Waals surface area contributed by atoms with E-state index in [1.54, 1.807) is 6.20 Å². The molecular formula is C9H10Cl2N2. The Morgan fingerprint density at radius 3 is 2.46 bits per heavy atom. The van der Waals surface area contributed by atoms with Crippen LogP contribution in [0.2, 0.25) is 0 Å². The van der Waals surface area contributed by atoms with Gasteiger partial charge in [0.05, 0.1) is 5.69 Å². The van der Waals surface area contributed by atoms with Crippen LogP contribution in [0.1, 0.15) is 0 Å². The Morgan fingerprint density at radius 1 is 1.08 bits per heavy atom. The van der Waals surface area contributed by atoms with Crippen LogP contribution in [0.4, 0.5) is 0 Å². The normalized spacial score (nSPS) is 8.31. The predicted molar refractivity (Wildman–Crippen MR) is 58.5 cm³/mol. The summed E-state index contributed by atoms with van der Waals surface area (Å²) in [5.74, 6) is 0. The second kappa shape index (κ2) is 5.62. The average Bonchev–Trinajstić information content (AvgIpc) is 2.58. The summed E-state index contributed by atoms with van der Waals surface area (Å²) in [5, 5.41) is 0. The van der Waals surface area contributed by atoms with Gasteiger partial charge in [0.2, 0.25) is 0 Å². The Labute approximate surface area is 89.2 Å². The number of aromatic nitrogens is 2. The quantitative estimate of drug-likeness (QED) is 0.781. The van der Waals surface area contributed by atoms with E-state index in [-0.39, 0.29) is 24.8 Å². The third-order valence-electron chi connectivity index (χ3n) is 1.56. The highest BCUT2D eigenvalue weighted by molar-refractivity contribution is 5.85. The highest BCUT2D eigenvalue weighted by atomic mass is 35.5. The molecule has 0 atom stereocenters. The molecule has 0 unspecified atom stereocenters. The summed E-state index contributed by atoms with van der Waals surface area (Å²) < 4.78 is 0. The SMILES string of the molecule is Cl.Cl.c1ccc(-c2cc[nH]c2)nc1. The third-order valence-corrected chi connectivity index (χ3v) is 1.56. The Bertz CT molecular complexity index is 319. The van der Waals surface area contributed by atoms with E-state index in [0.717, 1.165) is 11.3 Å². The molecule has 4 heteroatoms. The van der Waals surface area contributed by atoms with Crippen LogP contribution in [0, 0.1) is 0 Å². The molecule has 2 nitrogen and oxygen atoms in total. The Morgan fingerprint density at radius 2 is 1.92 bits per heavy atom. The first-order chi connectivity index (χ1) is 5.47.